The number of nitrogens with two attached hydrogens (primary N) is 1. The highest BCUT2D eigenvalue weighted by atomic mass is 79.9. The van der Waals surface area contributed by atoms with E-state index in [9.17, 15) is 4.79 Å². The third kappa shape index (κ3) is 3.16. The van der Waals surface area contributed by atoms with Crippen LogP contribution in [0.3, 0.4) is 0 Å². The van der Waals surface area contributed by atoms with Gasteiger partial charge < -0.3 is 10.6 Å². The molecule has 0 spiro atoms. The van der Waals surface area contributed by atoms with Crippen LogP contribution in [0, 0.1) is 0 Å². The van der Waals surface area contributed by atoms with Gasteiger partial charge in [0.25, 0.3) is 5.91 Å². The largest absolute Gasteiger partial charge is 0.397 e. The molecule has 0 fully saturated rings. The monoisotopic (exact) mass is 416 g/mol. The number of carbonyl (C=O) groups excluding carboxylic acids is 1. The maximum atomic E-state index is 12.5. The minimum absolute atomic E-state index is 0.168. The fourth-order valence-electron chi connectivity index (χ4n) is 1.76. The molecule has 6 heteroatoms. The second kappa shape index (κ2) is 6.16. The van der Waals surface area contributed by atoms with E-state index in [-0.39, 0.29) is 5.91 Å². The van der Waals surface area contributed by atoms with E-state index in [2.05, 4.69) is 31.9 Å². The Balaban J connectivity index is 2.40. The maximum Gasteiger partial charge on any atom is 0.259 e. The molecular weight excluding hydrogens is 407 g/mol. The molecule has 2 aromatic carbocycles. The number of rotatable bonds is 2. The van der Waals surface area contributed by atoms with Crippen molar-refractivity contribution in [1.29, 1.82) is 0 Å². The average molecular weight is 419 g/mol. The standard InChI is InChI=1S/C14H11Br2ClN2O/c1-19(13-7-9(17)3-5-12(13)18)14(20)10-4-2-8(15)6-11(10)16/h2-7H,18H2,1H3. The van der Waals surface area contributed by atoms with Crippen LogP contribution in [-0.4, -0.2) is 13.0 Å². The van der Waals surface area contributed by atoms with Gasteiger partial charge >= 0.3 is 0 Å². The summed E-state index contributed by atoms with van der Waals surface area (Å²) in [5.74, 6) is -0.168. The molecule has 1 amide bonds. The zero-order valence-electron chi connectivity index (χ0n) is 10.5. The molecule has 0 bridgehead atoms. The predicted octanol–water partition coefficient (Wildman–Crippen LogP) is 4.72. The molecule has 0 aromatic heterocycles. The molecule has 0 aliphatic heterocycles. The van der Waals surface area contributed by atoms with Crippen LogP contribution >= 0.6 is 43.5 Å². The number of hydrogen-bond donors (Lipinski definition) is 1. The fraction of sp³-hybridized carbons (Fsp3) is 0.0714. The summed E-state index contributed by atoms with van der Waals surface area (Å²) in [6, 6.07) is 10.4. The number of benzene rings is 2. The van der Waals surface area contributed by atoms with Gasteiger partial charge in [0.15, 0.2) is 0 Å². The Morgan fingerprint density at radius 1 is 1.20 bits per heavy atom. The van der Waals surface area contributed by atoms with Gasteiger partial charge in [0.05, 0.1) is 16.9 Å². The summed E-state index contributed by atoms with van der Waals surface area (Å²) >= 11 is 12.7. The van der Waals surface area contributed by atoms with E-state index >= 15 is 0 Å². The smallest absolute Gasteiger partial charge is 0.259 e. The summed E-state index contributed by atoms with van der Waals surface area (Å²) in [5.41, 5.74) is 7.53. The lowest BCUT2D eigenvalue weighted by Crippen LogP contribution is -2.27. The minimum Gasteiger partial charge on any atom is -0.397 e. The van der Waals surface area contributed by atoms with Gasteiger partial charge in [-0.15, -0.1) is 0 Å². The molecule has 0 saturated carbocycles. The van der Waals surface area contributed by atoms with Crippen molar-refractivity contribution >= 4 is 60.7 Å². The third-order valence-electron chi connectivity index (χ3n) is 2.82. The molecule has 20 heavy (non-hydrogen) atoms. The molecule has 3 nitrogen and oxygen atoms in total. The van der Waals surface area contributed by atoms with Gasteiger partial charge in [-0.25, -0.2) is 0 Å². The van der Waals surface area contributed by atoms with Gasteiger partial charge in [-0.1, -0.05) is 27.5 Å². The highest BCUT2D eigenvalue weighted by Crippen LogP contribution is 2.29. The number of halogens is 3. The summed E-state index contributed by atoms with van der Waals surface area (Å²) < 4.78 is 1.61. The number of carbonyl (C=O) groups is 1. The van der Waals surface area contributed by atoms with E-state index in [1.54, 1.807) is 31.3 Å². The molecule has 0 unspecified atom stereocenters. The van der Waals surface area contributed by atoms with E-state index < -0.39 is 0 Å². The first-order valence-corrected chi connectivity index (χ1v) is 7.64. The normalized spacial score (nSPS) is 10.4. The van der Waals surface area contributed by atoms with Crippen LogP contribution in [0.25, 0.3) is 0 Å². The van der Waals surface area contributed by atoms with Crippen molar-refractivity contribution in [2.45, 2.75) is 0 Å². The van der Waals surface area contributed by atoms with E-state index in [4.69, 9.17) is 17.3 Å². The molecule has 104 valence electrons. The van der Waals surface area contributed by atoms with Crippen molar-refractivity contribution in [3.8, 4) is 0 Å². The summed E-state index contributed by atoms with van der Waals surface area (Å²) in [6.45, 7) is 0. The SMILES string of the molecule is CN(C(=O)c1ccc(Br)cc1Br)c1cc(Cl)ccc1N. The number of hydrogen-bond acceptors (Lipinski definition) is 2. The first-order valence-electron chi connectivity index (χ1n) is 5.68. The number of anilines is 2. The fourth-order valence-corrected chi connectivity index (χ4v) is 3.14. The molecule has 0 saturated heterocycles. The summed E-state index contributed by atoms with van der Waals surface area (Å²) in [6.07, 6.45) is 0. The summed E-state index contributed by atoms with van der Waals surface area (Å²) in [7, 11) is 1.67. The van der Waals surface area contributed by atoms with Gasteiger partial charge in [0.2, 0.25) is 0 Å². The van der Waals surface area contributed by atoms with Gasteiger partial charge in [-0.2, -0.15) is 0 Å². The zero-order chi connectivity index (χ0) is 14.9. The van der Waals surface area contributed by atoms with Crippen molar-refractivity contribution in [2.24, 2.45) is 0 Å². The Labute approximate surface area is 139 Å². The first kappa shape index (κ1) is 15.4. The van der Waals surface area contributed by atoms with Crippen molar-refractivity contribution in [3.63, 3.8) is 0 Å². The molecule has 2 rings (SSSR count). The lowest BCUT2D eigenvalue weighted by Gasteiger charge is -2.20. The molecule has 0 aliphatic rings. The minimum atomic E-state index is -0.168. The Hall–Kier alpha value is -1.04. The maximum absolute atomic E-state index is 12.5. The van der Waals surface area contributed by atoms with Crippen LogP contribution in [0.1, 0.15) is 10.4 Å². The Morgan fingerprint density at radius 3 is 2.55 bits per heavy atom. The predicted molar refractivity (Wildman–Crippen MR) is 90.4 cm³/mol. The van der Waals surface area contributed by atoms with Crippen LogP contribution in [0.15, 0.2) is 45.3 Å². The topological polar surface area (TPSA) is 46.3 Å². The van der Waals surface area contributed by atoms with Crippen LogP contribution in [0.5, 0.6) is 0 Å². The highest BCUT2D eigenvalue weighted by Gasteiger charge is 2.18. The number of nitrogen functional groups attached to an aromatic ring is 1. The molecule has 2 N–H and O–H groups in total. The first-order chi connectivity index (χ1) is 9.40. The van der Waals surface area contributed by atoms with Gasteiger partial charge in [0, 0.05) is 21.0 Å². The Kier molecular flexibility index (Phi) is 4.73. The van der Waals surface area contributed by atoms with Crippen LogP contribution in [0.2, 0.25) is 5.02 Å². The molecule has 0 radical (unpaired) electrons. The lowest BCUT2D eigenvalue weighted by atomic mass is 10.2. The van der Waals surface area contributed by atoms with E-state index in [1.807, 2.05) is 12.1 Å². The average Bonchev–Trinajstić information content (AvgIpc) is 2.40. The lowest BCUT2D eigenvalue weighted by molar-refractivity contribution is 0.0992. The number of nitrogens with zero attached hydrogens (tertiary/aromatic N) is 1. The summed E-state index contributed by atoms with van der Waals surface area (Å²) in [5, 5.41) is 0.531. The zero-order valence-corrected chi connectivity index (χ0v) is 14.5. The van der Waals surface area contributed by atoms with Crippen molar-refractivity contribution in [3.05, 3.63) is 55.9 Å². The second-order valence-electron chi connectivity index (χ2n) is 4.19. The van der Waals surface area contributed by atoms with Gasteiger partial charge in [-0.05, 0) is 52.3 Å². The Bertz CT molecular complexity index is 676. The third-order valence-corrected chi connectivity index (χ3v) is 4.20. The number of amides is 1. The molecule has 2 aromatic rings. The quantitative estimate of drug-likeness (QED) is 0.717. The van der Waals surface area contributed by atoms with Crippen molar-refractivity contribution in [1.82, 2.24) is 0 Å². The summed E-state index contributed by atoms with van der Waals surface area (Å²) in [4.78, 5) is 14.0. The molecular formula is C14H11Br2ClN2O. The van der Waals surface area contributed by atoms with Crippen LogP contribution < -0.4 is 10.6 Å². The van der Waals surface area contributed by atoms with Crippen LogP contribution in [0.4, 0.5) is 11.4 Å². The van der Waals surface area contributed by atoms with Crippen LogP contribution in [-0.2, 0) is 0 Å². The van der Waals surface area contributed by atoms with Crippen molar-refractivity contribution in [2.75, 3.05) is 17.7 Å². The van der Waals surface area contributed by atoms with Gasteiger partial charge in [-0.3, -0.25) is 4.79 Å². The molecule has 0 aliphatic carbocycles. The van der Waals surface area contributed by atoms with Crippen molar-refractivity contribution < 1.29 is 4.79 Å². The highest BCUT2D eigenvalue weighted by molar-refractivity contribution is 9.11. The van der Waals surface area contributed by atoms with E-state index in [0.717, 1.165) is 4.47 Å². The Morgan fingerprint density at radius 2 is 1.90 bits per heavy atom. The molecule has 0 heterocycles. The van der Waals surface area contributed by atoms with E-state index in [0.29, 0.717) is 26.4 Å². The molecule has 0 atom stereocenters. The van der Waals surface area contributed by atoms with E-state index in [1.165, 1.54) is 4.90 Å². The second-order valence-corrected chi connectivity index (χ2v) is 6.40. The van der Waals surface area contributed by atoms with Gasteiger partial charge in [0.1, 0.15) is 0 Å².